The smallest absolute Gasteiger partial charge is 0.0148 e. The van der Waals surface area contributed by atoms with Crippen molar-refractivity contribution in [2.75, 3.05) is 0 Å². The maximum atomic E-state index is 2.33. The van der Waals surface area contributed by atoms with Crippen LogP contribution in [-0.2, 0) is 6.42 Å². The summed E-state index contributed by atoms with van der Waals surface area (Å²) in [5.74, 6) is 0.423. The first kappa shape index (κ1) is 14.1. The maximum Gasteiger partial charge on any atom is 0.0148 e. The summed E-state index contributed by atoms with van der Waals surface area (Å²) in [6.45, 7) is 0. The highest BCUT2D eigenvalue weighted by atomic mass is 14.3. The monoisotopic (exact) mass is 330 g/mol. The summed E-state index contributed by atoms with van der Waals surface area (Å²) in [5.41, 5.74) is 4.46. The first-order chi connectivity index (χ1) is 12.9. The fraction of sp³-hybridized carbons (Fsp3) is 0.0769. The van der Waals surface area contributed by atoms with Gasteiger partial charge in [-0.05, 0) is 61.5 Å². The van der Waals surface area contributed by atoms with Crippen molar-refractivity contribution in [1.29, 1.82) is 0 Å². The quantitative estimate of drug-likeness (QED) is 0.295. The van der Waals surface area contributed by atoms with E-state index in [9.17, 15) is 0 Å². The van der Waals surface area contributed by atoms with Crippen molar-refractivity contribution in [2.45, 2.75) is 12.3 Å². The third-order valence-corrected chi connectivity index (χ3v) is 5.98. The predicted molar refractivity (Wildman–Crippen MR) is 111 cm³/mol. The van der Waals surface area contributed by atoms with Gasteiger partial charge in [0.15, 0.2) is 0 Å². The molecule has 0 spiro atoms. The summed E-state index contributed by atoms with van der Waals surface area (Å²) >= 11 is 0. The van der Waals surface area contributed by atoms with Crippen LogP contribution in [0.5, 0.6) is 0 Å². The van der Waals surface area contributed by atoms with Crippen molar-refractivity contribution in [3.8, 4) is 0 Å². The lowest BCUT2D eigenvalue weighted by atomic mass is 9.84. The number of fused-ring (bicyclic) bond motifs is 2. The third kappa shape index (κ3) is 1.84. The van der Waals surface area contributed by atoms with Gasteiger partial charge in [0.05, 0.1) is 0 Å². The molecule has 6 rings (SSSR count). The maximum absolute atomic E-state index is 2.33. The van der Waals surface area contributed by atoms with Gasteiger partial charge in [0, 0.05) is 5.92 Å². The van der Waals surface area contributed by atoms with Crippen LogP contribution in [-0.4, -0.2) is 0 Å². The van der Waals surface area contributed by atoms with Crippen LogP contribution in [0.4, 0.5) is 0 Å². The molecular weight excluding hydrogens is 312 g/mol. The lowest BCUT2D eigenvalue weighted by Crippen LogP contribution is -2.01. The van der Waals surface area contributed by atoms with Crippen LogP contribution in [0, 0.1) is 0 Å². The largest absolute Gasteiger partial charge is 0.0616 e. The standard InChI is InChI=1S/C26H18/c1-3-12-21-18(7-1)15-19-8-2-4-13-22(19)26(21)24-16-20-11-5-9-17-10-6-14-23(24)25(17)20/h1-15,24H,16H2. The summed E-state index contributed by atoms with van der Waals surface area (Å²) < 4.78 is 0. The molecular formula is C26H18. The Kier molecular flexibility index (Phi) is 2.81. The zero-order chi connectivity index (χ0) is 17.1. The minimum atomic E-state index is 0.423. The SMILES string of the molecule is c1ccc2c(C3Cc4cccc5cccc3c45)c3ccccc3cc2c1. The fourth-order valence-corrected chi connectivity index (χ4v) is 4.92. The van der Waals surface area contributed by atoms with Crippen LogP contribution in [0.3, 0.4) is 0 Å². The van der Waals surface area contributed by atoms with E-state index in [0.717, 1.165) is 6.42 Å². The topological polar surface area (TPSA) is 0 Å². The second-order valence-corrected chi connectivity index (χ2v) is 7.35. The molecule has 0 saturated heterocycles. The predicted octanol–water partition coefficient (Wildman–Crippen LogP) is 6.83. The zero-order valence-electron chi connectivity index (χ0n) is 14.4. The first-order valence-electron chi connectivity index (χ1n) is 9.31. The van der Waals surface area contributed by atoms with Crippen molar-refractivity contribution < 1.29 is 0 Å². The molecule has 0 aromatic heterocycles. The molecule has 0 amide bonds. The van der Waals surface area contributed by atoms with Crippen molar-refractivity contribution in [3.05, 3.63) is 108 Å². The van der Waals surface area contributed by atoms with Gasteiger partial charge in [-0.1, -0.05) is 84.9 Å². The zero-order valence-corrected chi connectivity index (χ0v) is 14.4. The summed E-state index contributed by atoms with van der Waals surface area (Å²) in [4.78, 5) is 0. The van der Waals surface area contributed by atoms with Gasteiger partial charge in [-0.3, -0.25) is 0 Å². The number of hydrogen-bond acceptors (Lipinski definition) is 0. The van der Waals surface area contributed by atoms with E-state index in [0.29, 0.717) is 5.92 Å². The summed E-state index contributed by atoms with van der Waals surface area (Å²) in [6.07, 6.45) is 1.09. The molecule has 122 valence electrons. The number of benzene rings is 5. The minimum absolute atomic E-state index is 0.423. The molecule has 0 bridgehead atoms. The van der Waals surface area contributed by atoms with E-state index in [1.807, 2.05) is 0 Å². The molecule has 26 heavy (non-hydrogen) atoms. The summed E-state index contributed by atoms with van der Waals surface area (Å²) in [6, 6.07) is 33.6. The summed E-state index contributed by atoms with van der Waals surface area (Å²) in [5, 5.41) is 8.29. The molecule has 1 unspecified atom stereocenters. The molecule has 0 radical (unpaired) electrons. The fourth-order valence-electron chi connectivity index (χ4n) is 4.92. The third-order valence-electron chi connectivity index (χ3n) is 5.98. The Balaban J connectivity index is 1.75. The summed E-state index contributed by atoms with van der Waals surface area (Å²) in [7, 11) is 0. The van der Waals surface area contributed by atoms with Crippen LogP contribution >= 0.6 is 0 Å². The van der Waals surface area contributed by atoms with Crippen molar-refractivity contribution >= 4 is 32.3 Å². The lowest BCUT2D eigenvalue weighted by molar-refractivity contribution is 0.863. The van der Waals surface area contributed by atoms with Gasteiger partial charge in [-0.2, -0.15) is 0 Å². The Morgan fingerprint density at radius 2 is 1.19 bits per heavy atom. The highest BCUT2D eigenvalue weighted by Gasteiger charge is 2.28. The number of rotatable bonds is 1. The Morgan fingerprint density at radius 1 is 0.577 bits per heavy atom. The first-order valence-corrected chi connectivity index (χ1v) is 9.31. The van der Waals surface area contributed by atoms with E-state index < -0.39 is 0 Å². The Labute approximate surface area is 152 Å². The van der Waals surface area contributed by atoms with Gasteiger partial charge in [0.25, 0.3) is 0 Å². The van der Waals surface area contributed by atoms with E-state index in [2.05, 4.69) is 91.0 Å². The van der Waals surface area contributed by atoms with Crippen molar-refractivity contribution in [2.24, 2.45) is 0 Å². The highest BCUT2D eigenvalue weighted by molar-refractivity contribution is 6.04. The molecule has 0 heteroatoms. The van der Waals surface area contributed by atoms with Gasteiger partial charge >= 0.3 is 0 Å². The molecule has 5 aromatic rings. The highest BCUT2D eigenvalue weighted by Crippen LogP contribution is 2.46. The van der Waals surface area contributed by atoms with Gasteiger partial charge < -0.3 is 0 Å². The molecule has 0 nitrogen and oxygen atoms in total. The second-order valence-electron chi connectivity index (χ2n) is 7.35. The molecule has 0 N–H and O–H groups in total. The van der Waals surface area contributed by atoms with Crippen LogP contribution < -0.4 is 0 Å². The van der Waals surface area contributed by atoms with Crippen molar-refractivity contribution in [1.82, 2.24) is 0 Å². The van der Waals surface area contributed by atoms with E-state index in [1.165, 1.54) is 49.0 Å². The van der Waals surface area contributed by atoms with Crippen LogP contribution in [0.15, 0.2) is 91.0 Å². The molecule has 0 saturated carbocycles. The molecule has 5 aromatic carbocycles. The van der Waals surface area contributed by atoms with Gasteiger partial charge in [-0.25, -0.2) is 0 Å². The van der Waals surface area contributed by atoms with Crippen LogP contribution in [0.25, 0.3) is 32.3 Å². The molecule has 0 fully saturated rings. The Bertz CT molecular complexity index is 1250. The Morgan fingerprint density at radius 3 is 1.92 bits per heavy atom. The molecule has 1 aliphatic carbocycles. The van der Waals surface area contributed by atoms with Crippen molar-refractivity contribution in [3.63, 3.8) is 0 Å². The Hall–Kier alpha value is -3.12. The normalized spacial score (nSPS) is 15.9. The van der Waals surface area contributed by atoms with Crippen LogP contribution in [0.2, 0.25) is 0 Å². The van der Waals surface area contributed by atoms with E-state index >= 15 is 0 Å². The molecule has 1 atom stereocenters. The van der Waals surface area contributed by atoms with Gasteiger partial charge in [0.1, 0.15) is 0 Å². The molecule has 0 aliphatic heterocycles. The van der Waals surface area contributed by atoms with Gasteiger partial charge in [0.2, 0.25) is 0 Å². The average molecular weight is 330 g/mol. The lowest BCUT2D eigenvalue weighted by Gasteiger charge is -2.19. The number of hydrogen-bond donors (Lipinski definition) is 0. The van der Waals surface area contributed by atoms with Gasteiger partial charge in [-0.15, -0.1) is 0 Å². The minimum Gasteiger partial charge on any atom is -0.0616 e. The second kappa shape index (κ2) is 5.19. The van der Waals surface area contributed by atoms with E-state index in [1.54, 1.807) is 0 Å². The molecule has 1 aliphatic rings. The van der Waals surface area contributed by atoms with Crippen LogP contribution in [0.1, 0.15) is 22.6 Å². The average Bonchev–Trinajstić information content (AvgIpc) is 3.07. The van der Waals surface area contributed by atoms with E-state index in [-0.39, 0.29) is 0 Å². The molecule has 0 heterocycles. The van der Waals surface area contributed by atoms with E-state index in [4.69, 9.17) is 0 Å².